The predicted octanol–water partition coefficient (Wildman–Crippen LogP) is 3.01. The lowest BCUT2D eigenvalue weighted by Gasteiger charge is -2.07. The Labute approximate surface area is 139 Å². The van der Waals surface area contributed by atoms with Crippen LogP contribution in [0.4, 0.5) is 11.4 Å². The zero-order chi connectivity index (χ0) is 16.5. The fraction of sp³-hybridized carbons (Fsp3) is 0.176. The van der Waals surface area contributed by atoms with E-state index in [1.807, 2.05) is 30.3 Å². The van der Waals surface area contributed by atoms with Crippen molar-refractivity contribution in [2.24, 2.45) is 0 Å². The second kappa shape index (κ2) is 8.85. The monoisotopic (exact) mass is 330 g/mol. The van der Waals surface area contributed by atoms with Crippen LogP contribution >= 0.6 is 11.8 Å². The summed E-state index contributed by atoms with van der Waals surface area (Å²) in [6.07, 6.45) is 0. The van der Waals surface area contributed by atoms with Crippen LogP contribution < -0.4 is 15.4 Å². The second-order valence-corrected chi connectivity index (χ2v) is 5.67. The highest BCUT2D eigenvalue weighted by Gasteiger charge is 2.07. The normalized spacial score (nSPS) is 9.96. The molecular formula is C17H18N2O3S. The second-order valence-electron chi connectivity index (χ2n) is 4.69. The van der Waals surface area contributed by atoms with E-state index in [0.717, 1.165) is 5.69 Å². The van der Waals surface area contributed by atoms with Crippen molar-refractivity contribution in [2.75, 3.05) is 29.2 Å². The minimum Gasteiger partial charge on any atom is -0.497 e. The van der Waals surface area contributed by atoms with Crippen LogP contribution in [0.3, 0.4) is 0 Å². The van der Waals surface area contributed by atoms with E-state index in [1.54, 1.807) is 31.4 Å². The van der Waals surface area contributed by atoms with E-state index in [0.29, 0.717) is 11.4 Å². The molecule has 0 atom stereocenters. The van der Waals surface area contributed by atoms with Gasteiger partial charge in [0.2, 0.25) is 11.8 Å². The molecule has 0 fully saturated rings. The minimum atomic E-state index is -0.157. The Morgan fingerprint density at radius 2 is 1.52 bits per heavy atom. The molecule has 0 aliphatic heterocycles. The van der Waals surface area contributed by atoms with Crippen molar-refractivity contribution < 1.29 is 14.3 Å². The molecule has 0 aliphatic carbocycles. The molecule has 5 nitrogen and oxygen atoms in total. The largest absolute Gasteiger partial charge is 0.497 e. The number of hydrogen-bond donors (Lipinski definition) is 2. The van der Waals surface area contributed by atoms with E-state index in [-0.39, 0.29) is 23.3 Å². The Morgan fingerprint density at radius 1 is 0.913 bits per heavy atom. The molecule has 0 spiro atoms. The van der Waals surface area contributed by atoms with Gasteiger partial charge in [-0.1, -0.05) is 24.3 Å². The SMILES string of the molecule is COc1cccc(NC(=O)CSCC(=O)Nc2ccccc2)c1. The summed E-state index contributed by atoms with van der Waals surface area (Å²) >= 11 is 1.26. The first kappa shape index (κ1) is 16.9. The number of ether oxygens (including phenoxy) is 1. The molecule has 2 aromatic rings. The fourth-order valence-electron chi connectivity index (χ4n) is 1.85. The summed E-state index contributed by atoms with van der Waals surface area (Å²) < 4.78 is 5.10. The first-order chi connectivity index (χ1) is 11.2. The molecule has 0 saturated carbocycles. The minimum absolute atomic E-state index is 0.129. The highest BCUT2D eigenvalue weighted by atomic mass is 32.2. The molecule has 2 rings (SSSR count). The third kappa shape index (κ3) is 6.04. The van der Waals surface area contributed by atoms with Gasteiger partial charge in [-0.3, -0.25) is 9.59 Å². The van der Waals surface area contributed by atoms with Gasteiger partial charge in [0.05, 0.1) is 18.6 Å². The molecule has 6 heteroatoms. The average molecular weight is 330 g/mol. The number of hydrogen-bond acceptors (Lipinski definition) is 4. The van der Waals surface area contributed by atoms with Gasteiger partial charge in [0, 0.05) is 17.4 Å². The van der Waals surface area contributed by atoms with Crippen molar-refractivity contribution >= 4 is 35.0 Å². The number of methoxy groups -OCH3 is 1. The molecule has 0 saturated heterocycles. The van der Waals surface area contributed by atoms with Crippen LogP contribution in [0.5, 0.6) is 5.75 Å². The van der Waals surface area contributed by atoms with Gasteiger partial charge in [-0.25, -0.2) is 0 Å². The molecule has 2 aromatic carbocycles. The number of carbonyl (C=O) groups excluding carboxylic acids is 2. The van der Waals surface area contributed by atoms with Gasteiger partial charge in [-0.15, -0.1) is 11.8 Å². The lowest BCUT2D eigenvalue weighted by molar-refractivity contribution is -0.114. The van der Waals surface area contributed by atoms with Gasteiger partial charge in [0.25, 0.3) is 0 Å². The first-order valence-electron chi connectivity index (χ1n) is 7.04. The molecule has 2 amide bonds. The van der Waals surface area contributed by atoms with Crippen LogP contribution in [0.2, 0.25) is 0 Å². The molecule has 0 unspecified atom stereocenters. The highest BCUT2D eigenvalue weighted by Crippen LogP contribution is 2.17. The lowest BCUT2D eigenvalue weighted by atomic mass is 10.3. The molecule has 0 radical (unpaired) electrons. The van der Waals surface area contributed by atoms with E-state index in [2.05, 4.69) is 10.6 Å². The van der Waals surface area contributed by atoms with Crippen molar-refractivity contribution in [2.45, 2.75) is 0 Å². The molecule has 0 aliphatic rings. The van der Waals surface area contributed by atoms with Gasteiger partial charge in [0.1, 0.15) is 5.75 Å². The molecule has 23 heavy (non-hydrogen) atoms. The van der Waals surface area contributed by atoms with Crippen LogP contribution in [-0.4, -0.2) is 30.4 Å². The number of carbonyl (C=O) groups is 2. The summed E-state index contributed by atoms with van der Waals surface area (Å²) in [5.74, 6) is 0.823. The number of thioether (sulfide) groups is 1. The maximum atomic E-state index is 11.8. The van der Waals surface area contributed by atoms with Crippen LogP contribution in [0.15, 0.2) is 54.6 Å². The summed E-state index contributed by atoms with van der Waals surface area (Å²) in [7, 11) is 1.57. The zero-order valence-corrected chi connectivity index (χ0v) is 13.6. The lowest BCUT2D eigenvalue weighted by Crippen LogP contribution is -2.18. The standard InChI is InChI=1S/C17H18N2O3S/c1-22-15-9-5-8-14(10-15)19-17(21)12-23-11-16(20)18-13-6-3-2-4-7-13/h2-10H,11-12H2,1H3,(H,18,20)(H,19,21). The molecule has 0 heterocycles. The number of amides is 2. The van der Waals surface area contributed by atoms with E-state index >= 15 is 0 Å². The van der Waals surface area contributed by atoms with Crippen LogP contribution in [0.25, 0.3) is 0 Å². The Morgan fingerprint density at radius 3 is 2.17 bits per heavy atom. The van der Waals surface area contributed by atoms with Gasteiger partial charge in [0.15, 0.2) is 0 Å². The summed E-state index contributed by atoms with van der Waals surface area (Å²) in [5.41, 5.74) is 1.42. The maximum Gasteiger partial charge on any atom is 0.234 e. The van der Waals surface area contributed by atoms with Gasteiger partial charge in [-0.05, 0) is 24.3 Å². The van der Waals surface area contributed by atoms with Crippen molar-refractivity contribution in [3.63, 3.8) is 0 Å². The van der Waals surface area contributed by atoms with E-state index in [4.69, 9.17) is 4.74 Å². The topological polar surface area (TPSA) is 67.4 Å². The smallest absolute Gasteiger partial charge is 0.234 e. The van der Waals surface area contributed by atoms with E-state index in [9.17, 15) is 9.59 Å². The van der Waals surface area contributed by atoms with Crippen LogP contribution in [0.1, 0.15) is 0 Å². The summed E-state index contributed by atoms with van der Waals surface area (Å²) in [4.78, 5) is 23.6. The Balaban J connectivity index is 1.71. The molecule has 0 bridgehead atoms. The number of rotatable bonds is 7. The Bertz CT molecular complexity index is 662. The van der Waals surface area contributed by atoms with Gasteiger partial charge < -0.3 is 15.4 Å². The average Bonchev–Trinajstić information content (AvgIpc) is 2.56. The van der Waals surface area contributed by atoms with Gasteiger partial charge >= 0.3 is 0 Å². The van der Waals surface area contributed by atoms with E-state index < -0.39 is 0 Å². The maximum absolute atomic E-state index is 11.8. The van der Waals surface area contributed by atoms with Crippen molar-refractivity contribution in [3.05, 3.63) is 54.6 Å². The van der Waals surface area contributed by atoms with Crippen LogP contribution in [-0.2, 0) is 9.59 Å². The fourth-order valence-corrected chi connectivity index (χ4v) is 2.47. The summed E-state index contributed by atoms with van der Waals surface area (Å²) in [6, 6.07) is 16.4. The molecular weight excluding hydrogens is 312 g/mol. The number of benzene rings is 2. The number of para-hydroxylation sites is 1. The summed E-state index contributed by atoms with van der Waals surface area (Å²) in [6.45, 7) is 0. The first-order valence-corrected chi connectivity index (χ1v) is 8.19. The highest BCUT2D eigenvalue weighted by molar-refractivity contribution is 8.00. The summed E-state index contributed by atoms with van der Waals surface area (Å²) in [5, 5.41) is 5.54. The Hall–Kier alpha value is -2.47. The zero-order valence-electron chi connectivity index (χ0n) is 12.7. The molecule has 120 valence electrons. The van der Waals surface area contributed by atoms with E-state index in [1.165, 1.54) is 11.8 Å². The van der Waals surface area contributed by atoms with Crippen molar-refractivity contribution in [1.29, 1.82) is 0 Å². The number of nitrogens with one attached hydrogen (secondary N) is 2. The van der Waals surface area contributed by atoms with Crippen LogP contribution in [0, 0.1) is 0 Å². The third-order valence-electron chi connectivity index (χ3n) is 2.88. The van der Waals surface area contributed by atoms with Crippen molar-refractivity contribution in [3.8, 4) is 5.75 Å². The number of anilines is 2. The Kier molecular flexibility index (Phi) is 6.50. The van der Waals surface area contributed by atoms with Crippen molar-refractivity contribution in [1.82, 2.24) is 0 Å². The third-order valence-corrected chi connectivity index (χ3v) is 3.81. The predicted molar refractivity (Wildman–Crippen MR) is 94.0 cm³/mol. The molecule has 2 N–H and O–H groups in total. The molecule has 0 aromatic heterocycles. The quantitative estimate of drug-likeness (QED) is 0.819. The van der Waals surface area contributed by atoms with Gasteiger partial charge in [-0.2, -0.15) is 0 Å².